The SMILES string of the molecule is N#CC=C(Cl)c1ccc(I)cc1. The van der Waals surface area contributed by atoms with Crippen molar-refractivity contribution in [2.45, 2.75) is 0 Å². The lowest BCUT2D eigenvalue weighted by Crippen LogP contribution is -1.76. The van der Waals surface area contributed by atoms with E-state index in [1.165, 1.54) is 6.08 Å². The molecule has 0 heterocycles. The quantitative estimate of drug-likeness (QED) is 0.574. The normalized spacial score (nSPS) is 10.9. The van der Waals surface area contributed by atoms with Crippen LogP contribution in [0.3, 0.4) is 0 Å². The largest absolute Gasteiger partial charge is 0.193 e. The number of nitriles is 1. The van der Waals surface area contributed by atoms with Gasteiger partial charge < -0.3 is 0 Å². The molecule has 1 nitrogen and oxygen atoms in total. The van der Waals surface area contributed by atoms with Gasteiger partial charge in [0.05, 0.1) is 11.1 Å². The summed E-state index contributed by atoms with van der Waals surface area (Å²) in [6.07, 6.45) is 1.32. The van der Waals surface area contributed by atoms with Gasteiger partial charge in [-0.15, -0.1) is 0 Å². The van der Waals surface area contributed by atoms with E-state index in [1.807, 2.05) is 30.3 Å². The molecule has 1 aromatic carbocycles. The standard InChI is InChI=1S/C9H5ClIN/c10-9(5-6-12)7-1-3-8(11)4-2-7/h1-5H. The summed E-state index contributed by atoms with van der Waals surface area (Å²) >= 11 is 8.01. The van der Waals surface area contributed by atoms with Gasteiger partial charge in [-0.25, -0.2) is 0 Å². The minimum atomic E-state index is 0.480. The van der Waals surface area contributed by atoms with E-state index >= 15 is 0 Å². The van der Waals surface area contributed by atoms with Crippen molar-refractivity contribution in [2.75, 3.05) is 0 Å². The zero-order chi connectivity index (χ0) is 8.97. The predicted octanol–water partition coefficient (Wildman–Crippen LogP) is 3.39. The Morgan fingerprint density at radius 2 is 2.00 bits per heavy atom. The third kappa shape index (κ3) is 2.50. The van der Waals surface area contributed by atoms with Crippen molar-refractivity contribution in [1.82, 2.24) is 0 Å². The number of halogens is 2. The van der Waals surface area contributed by atoms with Crippen molar-refractivity contribution >= 4 is 39.2 Å². The van der Waals surface area contributed by atoms with Gasteiger partial charge in [-0.2, -0.15) is 5.26 Å². The van der Waals surface area contributed by atoms with Gasteiger partial charge in [0.1, 0.15) is 0 Å². The molecule has 3 heteroatoms. The van der Waals surface area contributed by atoms with E-state index in [1.54, 1.807) is 0 Å². The Morgan fingerprint density at radius 1 is 1.42 bits per heavy atom. The minimum absolute atomic E-state index is 0.480. The molecular formula is C9H5ClIN. The first-order valence-corrected chi connectivity index (χ1v) is 4.71. The Labute approximate surface area is 89.8 Å². The van der Waals surface area contributed by atoms with Crippen LogP contribution < -0.4 is 0 Å². The fourth-order valence-electron chi connectivity index (χ4n) is 0.749. The van der Waals surface area contributed by atoms with E-state index in [-0.39, 0.29) is 0 Å². The highest BCUT2D eigenvalue weighted by atomic mass is 127. The van der Waals surface area contributed by atoms with E-state index < -0.39 is 0 Å². The Kier molecular flexibility index (Phi) is 3.57. The fraction of sp³-hybridized carbons (Fsp3) is 0. The maximum atomic E-state index is 8.34. The van der Waals surface area contributed by atoms with Gasteiger partial charge in [0, 0.05) is 9.65 Å². The summed E-state index contributed by atoms with van der Waals surface area (Å²) in [6.45, 7) is 0. The van der Waals surface area contributed by atoms with Crippen LogP contribution in [0.4, 0.5) is 0 Å². The first-order valence-electron chi connectivity index (χ1n) is 3.25. The van der Waals surface area contributed by atoms with E-state index in [0.29, 0.717) is 5.03 Å². The molecule has 0 saturated carbocycles. The van der Waals surface area contributed by atoms with Crippen LogP contribution in [0.15, 0.2) is 30.3 Å². The van der Waals surface area contributed by atoms with Crippen LogP contribution in [0.1, 0.15) is 5.56 Å². The molecule has 60 valence electrons. The lowest BCUT2D eigenvalue weighted by atomic mass is 10.2. The van der Waals surface area contributed by atoms with Gasteiger partial charge in [-0.05, 0) is 40.3 Å². The molecule has 0 atom stereocenters. The van der Waals surface area contributed by atoms with Crippen LogP contribution in [-0.4, -0.2) is 0 Å². The van der Waals surface area contributed by atoms with Crippen molar-refractivity contribution < 1.29 is 0 Å². The lowest BCUT2D eigenvalue weighted by molar-refractivity contribution is 1.53. The van der Waals surface area contributed by atoms with Crippen LogP contribution >= 0.6 is 34.2 Å². The highest BCUT2D eigenvalue weighted by molar-refractivity contribution is 14.1. The van der Waals surface area contributed by atoms with Gasteiger partial charge in [-0.1, -0.05) is 23.7 Å². The predicted molar refractivity (Wildman–Crippen MR) is 58.6 cm³/mol. The molecule has 0 aliphatic heterocycles. The summed E-state index contributed by atoms with van der Waals surface area (Å²) in [5.74, 6) is 0. The minimum Gasteiger partial charge on any atom is -0.193 e. The molecule has 0 aliphatic carbocycles. The average Bonchev–Trinajstić information content (AvgIpc) is 2.06. The molecule has 0 fully saturated rings. The molecule has 0 spiro atoms. The van der Waals surface area contributed by atoms with Crippen LogP contribution in [-0.2, 0) is 0 Å². The van der Waals surface area contributed by atoms with E-state index in [4.69, 9.17) is 16.9 Å². The highest BCUT2D eigenvalue weighted by Gasteiger charge is 1.95. The molecule has 0 N–H and O–H groups in total. The summed E-state index contributed by atoms with van der Waals surface area (Å²) in [6, 6.07) is 9.55. The second-order valence-electron chi connectivity index (χ2n) is 2.13. The molecular weight excluding hydrogens is 284 g/mol. The summed E-state index contributed by atoms with van der Waals surface area (Å²) in [5.41, 5.74) is 0.874. The van der Waals surface area contributed by atoms with Gasteiger partial charge in [0.25, 0.3) is 0 Å². The molecule has 0 aromatic heterocycles. The molecule has 0 aliphatic rings. The highest BCUT2D eigenvalue weighted by Crippen LogP contribution is 2.19. The molecule has 0 radical (unpaired) electrons. The molecule has 1 aromatic rings. The second-order valence-corrected chi connectivity index (χ2v) is 3.78. The molecule has 1 rings (SSSR count). The van der Waals surface area contributed by atoms with Gasteiger partial charge in [0.2, 0.25) is 0 Å². The zero-order valence-corrected chi connectivity index (χ0v) is 9.00. The molecule has 0 saturated heterocycles. The molecule has 0 unspecified atom stereocenters. The third-order valence-corrected chi connectivity index (χ3v) is 2.36. The number of allylic oxidation sites excluding steroid dienone is 1. The Bertz CT molecular complexity index is 335. The summed E-state index contributed by atoms with van der Waals surface area (Å²) in [7, 11) is 0. The average molecular weight is 290 g/mol. The lowest BCUT2D eigenvalue weighted by Gasteiger charge is -1.96. The van der Waals surface area contributed by atoms with Crippen LogP contribution in [0.25, 0.3) is 5.03 Å². The number of benzene rings is 1. The van der Waals surface area contributed by atoms with E-state index in [0.717, 1.165) is 9.13 Å². The fourth-order valence-corrected chi connectivity index (χ4v) is 1.28. The monoisotopic (exact) mass is 289 g/mol. The Morgan fingerprint density at radius 3 is 2.50 bits per heavy atom. The number of hydrogen-bond donors (Lipinski definition) is 0. The van der Waals surface area contributed by atoms with Crippen molar-refractivity contribution in [3.63, 3.8) is 0 Å². The van der Waals surface area contributed by atoms with E-state index in [2.05, 4.69) is 22.6 Å². The topological polar surface area (TPSA) is 23.8 Å². The van der Waals surface area contributed by atoms with Crippen molar-refractivity contribution in [3.8, 4) is 6.07 Å². The Balaban J connectivity index is 2.99. The van der Waals surface area contributed by atoms with Crippen LogP contribution in [0, 0.1) is 14.9 Å². The number of rotatable bonds is 1. The smallest absolute Gasteiger partial charge is 0.0927 e. The maximum absolute atomic E-state index is 8.34. The zero-order valence-electron chi connectivity index (χ0n) is 6.09. The first-order chi connectivity index (χ1) is 5.74. The maximum Gasteiger partial charge on any atom is 0.0927 e. The third-order valence-electron chi connectivity index (χ3n) is 1.31. The van der Waals surface area contributed by atoms with Gasteiger partial charge in [0.15, 0.2) is 0 Å². The van der Waals surface area contributed by atoms with E-state index in [9.17, 15) is 0 Å². The van der Waals surface area contributed by atoms with Crippen LogP contribution in [0.5, 0.6) is 0 Å². The second kappa shape index (κ2) is 4.48. The number of nitrogens with zero attached hydrogens (tertiary/aromatic N) is 1. The number of hydrogen-bond acceptors (Lipinski definition) is 1. The Hall–Kier alpha value is -0.530. The summed E-state index contributed by atoms with van der Waals surface area (Å²) in [4.78, 5) is 0. The summed E-state index contributed by atoms with van der Waals surface area (Å²) in [5, 5.41) is 8.82. The van der Waals surface area contributed by atoms with Crippen LogP contribution in [0.2, 0.25) is 0 Å². The summed E-state index contributed by atoms with van der Waals surface area (Å²) < 4.78 is 1.15. The first kappa shape index (κ1) is 9.56. The molecule has 12 heavy (non-hydrogen) atoms. The molecule has 0 amide bonds. The van der Waals surface area contributed by atoms with Crippen molar-refractivity contribution in [1.29, 1.82) is 5.26 Å². The van der Waals surface area contributed by atoms with Gasteiger partial charge >= 0.3 is 0 Å². The van der Waals surface area contributed by atoms with Gasteiger partial charge in [-0.3, -0.25) is 0 Å². The van der Waals surface area contributed by atoms with Crippen molar-refractivity contribution in [2.24, 2.45) is 0 Å². The molecule has 0 bridgehead atoms. The van der Waals surface area contributed by atoms with Crippen molar-refractivity contribution in [3.05, 3.63) is 39.5 Å².